The minimum Gasteiger partial charge on any atom is -0.507 e. The molecule has 0 bridgehead atoms. The highest BCUT2D eigenvalue weighted by Crippen LogP contribution is 2.41. The van der Waals surface area contributed by atoms with Crippen LogP contribution in [-0.4, -0.2) is 71.0 Å². The van der Waals surface area contributed by atoms with Crippen LogP contribution in [0.3, 0.4) is 0 Å². The molecular formula is C23H29N3O5. The summed E-state index contributed by atoms with van der Waals surface area (Å²) in [7, 11) is 0. The Morgan fingerprint density at radius 3 is 2.39 bits per heavy atom. The number of furan rings is 1. The van der Waals surface area contributed by atoms with Crippen molar-refractivity contribution in [3.8, 4) is 0 Å². The number of carbonyl (C=O) groups excluding carboxylic acids is 2. The van der Waals surface area contributed by atoms with Crippen LogP contribution in [-0.2, 0) is 14.3 Å². The topological polar surface area (TPSA) is 99.0 Å². The first kappa shape index (κ1) is 21.4. The number of aliphatic hydroxyl groups is 1. The number of carbonyl (C=O) groups is 2. The van der Waals surface area contributed by atoms with E-state index in [9.17, 15) is 14.7 Å². The molecule has 4 heterocycles. The molecule has 0 saturated carbocycles. The van der Waals surface area contributed by atoms with E-state index in [0.717, 1.165) is 30.0 Å². The molecule has 1 unspecified atom stereocenters. The lowest BCUT2D eigenvalue weighted by molar-refractivity contribution is -0.140. The van der Waals surface area contributed by atoms with Crippen molar-refractivity contribution >= 4 is 17.4 Å². The minimum absolute atomic E-state index is 0.0755. The van der Waals surface area contributed by atoms with Crippen molar-refractivity contribution in [3.05, 3.63) is 51.7 Å². The van der Waals surface area contributed by atoms with Crippen molar-refractivity contribution in [2.45, 2.75) is 33.7 Å². The second-order valence-electron chi connectivity index (χ2n) is 8.27. The van der Waals surface area contributed by atoms with Gasteiger partial charge in [0, 0.05) is 43.1 Å². The predicted octanol–water partition coefficient (Wildman–Crippen LogP) is 2.60. The first-order valence-corrected chi connectivity index (χ1v) is 10.6. The van der Waals surface area contributed by atoms with Gasteiger partial charge >= 0.3 is 0 Å². The summed E-state index contributed by atoms with van der Waals surface area (Å²) >= 11 is 0. The fraction of sp³-hybridized carbons (Fsp3) is 0.478. The van der Waals surface area contributed by atoms with Gasteiger partial charge in [-0.2, -0.15) is 0 Å². The number of likely N-dealkylation sites (tertiary alicyclic amines) is 1. The third-order valence-electron chi connectivity index (χ3n) is 6.26. The van der Waals surface area contributed by atoms with E-state index in [4.69, 9.17) is 9.15 Å². The van der Waals surface area contributed by atoms with Crippen LogP contribution in [0, 0.1) is 27.7 Å². The Hall–Kier alpha value is -2.84. The Morgan fingerprint density at radius 1 is 1.10 bits per heavy atom. The molecule has 2 aromatic heterocycles. The third kappa shape index (κ3) is 3.81. The molecule has 2 fully saturated rings. The maximum Gasteiger partial charge on any atom is 0.295 e. The van der Waals surface area contributed by atoms with Crippen LogP contribution < -0.4 is 0 Å². The number of rotatable bonds is 5. The highest BCUT2D eigenvalue weighted by molar-refractivity contribution is 6.46. The molecule has 31 heavy (non-hydrogen) atoms. The molecule has 2 aliphatic rings. The Labute approximate surface area is 181 Å². The zero-order valence-electron chi connectivity index (χ0n) is 18.4. The molecule has 0 aromatic carbocycles. The maximum absolute atomic E-state index is 13.1. The zero-order chi connectivity index (χ0) is 22.3. The van der Waals surface area contributed by atoms with Crippen molar-refractivity contribution in [2.24, 2.45) is 0 Å². The van der Waals surface area contributed by atoms with Crippen LogP contribution in [0.2, 0.25) is 0 Å². The Morgan fingerprint density at radius 2 is 1.81 bits per heavy atom. The monoisotopic (exact) mass is 427 g/mol. The molecule has 0 spiro atoms. The quantitative estimate of drug-likeness (QED) is 0.432. The summed E-state index contributed by atoms with van der Waals surface area (Å²) in [6.45, 7) is 11.3. The number of Topliss-reactive ketones (excluding diaryl/α,β-unsaturated/α-hetero) is 1. The third-order valence-corrected chi connectivity index (χ3v) is 6.26. The SMILES string of the molecule is Cc1ccc(C2/C(=C(\O)c3c(C)[nH]c(C)c3C)C(=O)C(=O)N2CCN2CCOCC2)o1. The van der Waals surface area contributed by atoms with Crippen molar-refractivity contribution in [1.82, 2.24) is 14.8 Å². The summed E-state index contributed by atoms with van der Waals surface area (Å²) in [5.41, 5.74) is 3.15. The molecule has 4 rings (SSSR count). The zero-order valence-corrected chi connectivity index (χ0v) is 18.4. The molecule has 8 heteroatoms. The standard InChI is InChI=1S/C23H29N3O5/c1-13-5-6-17(31-13)20-19(21(27)18-14(2)15(3)24-16(18)4)22(28)23(29)26(20)8-7-25-9-11-30-12-10-25/h5-6,20,24,27H,7-12H2,1-4H3/b21-19+. The number of amides is 1. The van der Waals surface area contributed by atoms with Gasteiger partial charge in [-0.25, -0.2) is 0 Å². The lowest BCUT2D eigenvalue weighted by Gasteiger charge is -2.30. The van der Waals surface area contributed by atoms with Crippen LogP contribution in [0.1, 0.15) is 40.1 Å². The molecule has 2 aromatic rings. The fourth-order valence-electron chi connectivity index (χ4n) is 4.48. The summed E-state index contributed by atoms with van der Waals surface area (Å²) in [4.78, 5) is 33.1. The Balaban J connectivity index is 1.76. The van der Waals surface area contributed by atoms with Gasteiger partial charge in [0.15, 0.2) is 0 Å². The Kier molecular flexibility index (Phi) is 5.77. The van der Waals surface area contributed by atoms with Gasteiger partial charge in [-0.1, -0.05) is 0 Å². The van der Waals surface area contributed by atoms with E-state index in [1.54, 1.807) is 12.1 Å². The number of H-pyrrole nitrogens is 1. The molecule has 0 radical (unpaired) electrons. The molecule has 2 aliphatic heterocycles. The average Bonchev–Trinajstić information content (AvgIpc) is 3.36. The second-order valence-corrected chi connectivity index (χ2v) is 8.27. The van der Waals surface area contributed by atoms with Crippen LogP contribution in [0.25, 0.3) is 5.76 Å². The van der Waals surface area contributed by atoms with E-state index >= 15 is 0 Å². The first-order chi connectivity index (χ1) is 14.8. The normalized spacial score (nSPS) is 21.9. The molecule has 0 aliphatic carbocycles. The summed E-state index contributed by atoms with van der Waals surface area (Å²) in [5.74, 6) is -0.306. The van der Waals surface area contributed by atoms with Gasteiger partial charge in [-0.05, 0) is 45.4 Å². The van der Waals surface area contributed by atoms with Crippen LogP contribution >= 0.6 is 0 Å². The van der Waals surface area contributed by atoms with Crippen LogP contribution in [0.5, 0.6) is 0 Å². The van der Waals surface area contributed by atoms with Crippen molar-refractivity contribution in [2.75, 3.05) is 39.4 Å². The van der Waals surface area contributed by atoms with Crippen LogP contribution in [0.15, 0.2) is 22.1 Å². The lowest BCUT2D eigenvalue weighted by Crippen LogP contribution is -2.42. The predicted molar refractivity (Wildman–Crippen MR) is 115 cm³/mol. The number of morpholine rings is 1. The molecule has 2 saturated heterocycles. The number of aromatic amines is 1. The average molecular weight is 428 g/mol. The van der Waals surface area contributed by atoms with Crippen molar-refractivity contribution < 1.29 is 23.8 Å². The number of ether oxygens (including phenoxy) is 1. The number of nitrogens with zero attached hydrogens (tertiary/aromatic N) is 2. The minimum atomic E-state index is -0.760. The van der Waals surface area contributed by atoms with E-state index in [0.29, 0.717) is 43.4 Å². The van der Waals surface area contributed by atoms with Gasteiger partial charge in [-0.15, -0.1) is 0 Å². The van der Waals surface area contributed by atoms with Gasteiger partial charge in [0.1, 0.15) is 23.3 Å². The molecule has 2 N–H and O–H groups in total. The summed E-state index contributed by atoms with van der Waals surface area (Å²) in [6, 6.07) is 2.81. The fourth-order valence-corrected chi connectivity index (χ4v) is 4.48. The van der Waals surface area contributed by atoms with Crippen LogP contribution in [0.4, 0.5) is 0 Å². The molecule has 8 nitrogen and oxygen atoms in total. The lowest BCUT2D eigenvalue weighted by atomic mass is 9.97. The number of aromatic nitrogens is 1. The number of aryl methyl sites for hydroxylation is 3. The largest absolute Gasteiger partial charge is 0.507 e. The molecular weight excluding hydrogens is 398 g/mol. The highest BCUT2D eigenvalue weighted by Gasteiger charge is 2.47. The second kappa shape index (κ2) is 8.36. The summed E-state index contributed by atoms with van der Waals surface area (Å²) in [5, 5.41) is 11.2. The van der Waals surface area contributed by atoms with Gasteiger partial charge < -0.3 is 24.1 Å². The van der Waals surface area contributed by atoms with E-state index in [1.165, 1.54) is 4.90 Å². The van der Waals surface area contributed by atoms with Crippen molar-refractivity contribution in [3.63, 3.8) is 0 Å². The Bertz CT molecular complexity index is 1040. The summed E-state index contributed by atoms with van der Waals surface area (Å²) in [6.07, 6.45) is 0. The van der Waals surface area contributed by atoms with Gasteiger partial charge in [0.05, 0.1) is 18.8 Å². The van der Waals surface area contributed by atoms with E-state index in [-0.39, 0.29) is 11.3 Å². The number of hydrogen-bond acceptors (Lipinski definition) is 6. The first-order valence-electron chi connectivity index (χ1n) is 10.6. The highest BCUT2D eigenvalue weighted by atomic mass is 16.5. The number of ketones is 1. The molecule has 1 atom stereocenters. The van der Waals surface area contributed by atoms with Gasteiger partial charge in [0.2, 0.25) is 0 Å². The smallest absolute Gasteiger partial charge is 0.295 e. The van der Waals surface area contributed by atoms with E-state index in [2.05, 4.69) is 9.88 Å². The maximum atomic E-state index is 13.1. The van der Waals surface area contributed by atoms with Gasteiger partial charge in [0.25, 0.3) is 11.7 Å². The summed E-state index contributed by atoms with van der Waals surface area (Å²) < 4.78 is 11.2. The number of aliphatic hydroxyl groups excluding tert-OH is 1. The van der Waals surface area contributed by atoms with E-state index < -0.39 is 17.7 Å². The van der Waals surface area contributed by atoms with E-state index in [1.807, 2.05) is 27.7 Å². The van der Waals surface area contributed by atoms with Crippen molar-refractivity contribution in [1.29, 1.82) is 0 Å². The number of hydrogen-bond donors (Lipinski definition) is 2. The molecule has 166 valence electrons. The molecule has 1 amide bonds. The van der Waals surface area contributed by atoms with Gasteiger partial charge in [-0.3, -0.25) is 14.5 Å². The number of nitrogens with one attached hydrogen (secondary N) is 1.